The highest BCUT2D eigenvalue weighted by Gasteiger charge is 2.25. The number of aromatic nitrogens is 4. The van der Waals surface area contributed by atoms with Gasteiger partial charge >= 0.3 is 5.97 Å². The minimum atomic E-state index is -0.673. The molecule has 5 rings (SSSR count). The monoisotopic (exact) mass is 655 g/mol. The number of aryl methyl sites for hydroxylation is 2. The standard InChI is InChI=1S/C35H45N9O4/c1-23(2)16-28(36)35(46)37-21-34(45)48-22-44-26(5)19-30(40-44)25(4)18-31-38-32(20-33(41(31)6)42-12-14-47-15-13-42)43-11-10-29(39-43)27-9-7-8-24(3)17-27/h7-11,17-20,23,28H,4,12-16,21-22,36H2,1-3,5-6H3,(H,37,46)/b31-18-/t28-/m1/s1. The second kappa shape index (κ2) is 15.3. The predicted molar refractivity (Wildman–Crippen MR) is 184 cm³/mol. The van der Waals surface area contributed by atoms with Crippen molar-refractivity contribution in [1.29, 1.82) is 0 Å². The van der Waals surface area contributed by atoms with Crippen LogP contribution in [0.2, 0.25) is 0 Å². The van der Waals surface area contributed by atoms with E-state index in [2.05, 4.69) is 41.0 Å². The van der Waals surface area contributed by atoms with E-state index in [0.717, 1.165) is 35.9 Å². The summed E-state index contributed by atoms with van der Waals surface area (Å²) in [6.07, 6.45) is 6.36. The van der Waals surface area contributed by atoms with Gasteiger partial charge in [0.05, 0.1) is 30.6 Å². The number of esters is 1. The third-order valence-electron chi connectivity index (χ3n) is 8.08. The number of morpholine rings is 1. The molecule has 2 aliphatic heterocycles. The Kier molecular flexibility index (Phi) is 10.9. The van der Waals surface area contributed by atoms with Gasteiger partial charge in [0.2, 0.25) is 5.91 Å². The Morgan fingerprint density at radius 3 is 2.65 bits per heavy atom. The Balaban J connectivity index is 1.31. The highest BCUT2D eigenvalue weighted by Crippen LogP contribution is 2.26. The van der Waals surface area contributed by atoms with Gasteiger partial charge in [-0.15, -0.1) is 0 Å². The second-order valence-electron chi connectivity index (χ2n) is 12.4. The summed E-state index contributed by atoms with van der Waals surface area (Å²) in [5.74, 6) is 1.60. The van der Waals surface area contributed by atoms with Gasteiger partial charge in [-0.3, -0.25) is 9.59 Å². The molecule has 1 fully saturated rings. The summed E-state index contributed by atoms with van der Waals surface area (Å²) in [6, 6.07) is 11.4. The van der Waals surface area contributed by atoms with Gasteiger partial charge in [0.25, 0.3) is 0 Å². The maximum Gasteiger partial charge on any atom is 0.327 e. The van der Waals surface area contributed by atoms with Crippen LogP contribution in [0.3, 0.4) is 0 Å². The number of ether oxygens (including phenoxy) is 2. The molecule has 1 atom stereocenters. The maximum absolute atomic E-state index is 12.3. The van der Waals surface area contributed by atoms with Crippen LogP contribution in [0.4, 0.5) is 0 Å². The number of allylic oxidation sites excluding steroid dienone is 3. The van der Waals surface area contributed by atoms with Crippen LogP contribution >= 0.6 is 0 Å². The lowest BCUT2D eigenvalue weighted by Crippen LogP contribution is -2.43. The van der Waals surface area contributed by atoms with Gasteiger partial charge in [-0.05, 0) is 56.0 Å². The van der Waals surface area contributed by atoms with Crippen molar-refractivity contribution in [2.45, 2.75) is 46.9 Å². The quantitative estimate of drug-likeness (QED) is 0.297. The van der Waals surface area contributed by atoms with Gasteiger partial charge in [0.1, 0.15) is 18.2 Å². The van der Waals surface area contributed by atoms with Crippen LogP contribution in [0.25, 0.3) is 16.8 Å². The fourth-order valence-electron chi connectivity index (χ4n) is 5.42. The molecule has 0 radical (unpaired) electrons. The second-order valence-corrected chi connectivity index (χ2v) is 12.4. The molecule has 2 aliphatic rings. The van der Waals surface area contributed by atoms with Gasteiger partial charge in [-0.25, -0.2) is 14.4 Å². The molecule has 3 N–H and O–H groups in total. The summed E-state index contributed by atoms with van der Waals surface area (Å²) >= 11 is 0. The third kappa shape index (κ3) is 8.47. The van der Waals surface area contributed by atoms with Crippen molar-refractivity contribution in [2.75, 3.05) is 39.9 Å². The van der Waals surface area contributed by atoms with Gasteiger partial charge in [0.15, 0.2) is 12.6 Å². The topological polar surface area (TPSA) is 145 Å². The van der Waals surface area contributed by atoms with Crippen LogP contribution in [0.5, 0.6) is 0 Å². The molecule has 2 aromatic heterocycles. The lowest BCUT2D eigenvalue weighted by Gasteiger charge is -2.37. The average Bonchev–Trinajstić information content (AvgIpc) is 3.71. The Morgan fingerprint density at radius 1 is 1.15 bits per heavy atom. The van der Waals surface area contributed by atoms with Crippen LogP contribution < -0.4 is 11.1 Å². The minimum Gasteiger partial charge on any atom is -0.441 e. The van der Waals surface area contributed by atoms with E-state index in [-0.39, 0.29) is 25.1 Å². The lowest BCUT2D eigenvalue weighted by molar-refractivity contribution is -0.148. The van der Waals surface area contributed by atoms with Crippen LogP contribution in [0.15, 0.2) is 78.0 Å². The zero-order chi connectivity index (χ0) is 34.4. The molecule has 48 heavy (non-hydrogen) atoms. The Bertz CT molecular complexity index is 1740. The van der Waals surface area contributed by atoms with Crippen LogP contribution in [-0.2, 0) is 25.8 Å². The zero-order valence-electron chi connectivity index (χ0n) is 28.3. The molecule has 0 saturated carbocycles. The number of nitrogens with one attached hydrogen (secondary N) is 1. The number of amides is 1. The maximum atomic E-state index is 12.3. The summed E-state index contributed by atoms with van der Waals surface area (Å²) in [7, 11) is 1.97. The van der Waals surface area contributed by atoms with Crippen LogP contribution in [-0.4, -0.2) is 93.0 Å². The normalized spacial score (nSPS) is 16.5. The molecule has 1 aromatic carbocycles. The van der Waals surface area contributed by atoms with Crippen molar-refractivity contribution >= 4 is 23.3 Å². The van der Waals surface area contributed by atoms with E-state index in [4.69, 9.17) is 25.3 Å². The molecular formula is C35H45N9O4. The Labute approximate surface area is 281 Å². The molecular weight excluding hydrogens is 610 g/mol. The number of rotatable bonds is 11. The van der Waals surface area contributed by atoms with E-state index in [1.54, 1.807) is 9.36 Å². The number of carbonyl (C=O) groups excluding carboxylic acids is 2. The third-order valence-corrected chi connectivity index (χ3v) is 8.08. The number of aliphatic imine (C=N–C) groups is 1. The first kappa shape index (κ1) is 34.3. The number of nitrogens with two attached hydrogens (primary N) is 1. The van der Waals surface area contributed by atoms with Crippen LogP contribution in [0, 0.1) is 19.8 Å². The van der Waals surface area contributed by atoms with Gasteiger partial charge in [-0.2, -0.15) is 10.2 Å². The average molecular weight is 656 g/mol. The highest BCUT2D eigenvalue weighted by molar-refractivity contribution is 5.96. The fraction of sp³-hybridized carbons (Fsp3) is 0.400. The van der Waals surface area contributed by atoms with Gasteiger partial charge in [-0.1, -0.05) is 44.2 Å². The summed E-state index contributed by atoms with van der Waals surface area (Å²) in [6.45, 7) is 14.6. The molecule has 13 heteroatoms. The smallest absolute Gasteiger partial charge is 0.327 e. The minimum absolute atomic E-state index is 0.114. The van der Waals surface area contributed by atoms with E-state index < -0.39 is 12.0 Å². The largest absolute Gasteiger partial charge is 0.441 e. The number of hydrogen-bond acceptors (Lipinski definition) is 10. The van der Waals surface area contributed by atoms with Crippen LogP contribution in [0.1, 0.15) is 37.2 Å². The molecule has 1 saturated heterocycles. The van der Waals surface area contributed by atoms with Crippen molar-refractivity contribution in [3.8, 4) is 11.3 Å². The molecule has 0 spiro atoms. The highest BCUT2D eigenvalue weighted by atomic mass is 16.5. The Hall–Kier alpha value is -5.01. The molecule has 0 bridgehead atoms. The molecule has 13 nitrogen and oxygen atoms in total. The predicted octanol–water partition coefficient (Wildman–Crippen LogP) is 3.27. The van der Waals surface area contributed by atoms with Gasteiger partial charge < -0.3 is 30.3 Å². The first-order chi connectivity index (χ1) is 23.0. The number of benzene rings is 1. The molecule has 1 amide bonds. The summed E-state index contributed by atoms with van der Waals surface area (Å²) in [4.78, 5) is 33.8. The summed E-state index contributed by atoms with van der Waals surface area (Å²) in [5, 5.41) is 12.0. The Morgan fingerprint density at radius 2 is 1.92 bits per heavy atom. The molecule has 0 aliphatic carbocycles. The van der Waals surface area contributed by atoms with Crippen molar-refractivity contribution in [3.05, 3.63) is 89.9 Å². The summed E-state index contributed by atoms with van der Waals surface area (Å²) in [5.41, 5.74) is 11.0. The van der Waals surface area contributed by atoms with Gasteiger partial charge in [0, 0.05) is 43.7 Å². The lowest BCUT2D eigenvalue weighted by atomic mass is 10.0. The van der Waals surface area contributed by atoms with E-state index in [0.29, 0.717) is 42.6 Å². The van der Waals surface area contributed by atoms with Crippen molar-refractivity contribution in [1.82, 2.24) is 34.7 Å². The first-order valence-electron chi connectivity index (χ1n) is 16.1. The number of nitrogens with zero attached hydrogens (tertiary/aromatic N) is 7. The molecule has 0 unspecified atom stereocenters. The molecule has 4 heterocycles. The van der Waals surface area contributed by atoms with Crippen molar-refractivity contribution in [3.63, 3.8) is 0 Å². The first-order valence-corrected chi connectivity index (χ1v) is 16.1. The van der Waals surface area contributed by atoms with E-state index >= 15 is 0 Å². The van der Waals surface area contributed by atoms with E-state index in [9.17, 15) is 9.59 Å². The van der Waals surface area contributed by atoms with E-state index in [1.807, 2.05) is 75.3 Å². The number of hydrogen-bond donors (Lipinski definition) is 2. The fourth-order valence-corrected chi connectivity index (χ4v) is 5.42. The number of carbonyl (C=O) groups is 2. The summed E-state index contributed by atoms with van der Waals surface area (Å²) < 4.78 is 14.3. The van der Waals surface area contributed by atoms with E-state index in [1.165, 1.54) is 5.56 Å². The zero-order valence-corrected chi connectivity index (χ0v) is 28.3. The van der Waals surface area contributed by atoms with Crippen molar-refractivity contribution < 1.29 is 19.1 Å². The SMILES string of the molecule is C=C(/C=C1/N=C(n2ccc(-c3cccc(C)c3)n2)C=C(N2CCOCC2)N1C)c1cc(C)n(COC(=O)CNC(=O)[C@H](N)CC(C)C)n1. The molecule has 254 valence electrons. The molecule has 3 aromatic rings. The van der Waals surface area contributed by atoms with Crippen molar-refractivity contribution in [2.24, 2.45) is 16.6 Å².